The van der Waals surface area contributed by atoms with Crippen LogP contribution >= 0.6 is 0 Å². The standard InChI is InChI=1S/C33H30N2O5/c1-39-27-9-5-6-10-28(27)40-21-13-11-20(12-14-21)34-31(36)26(17-19-7-3-2-4-8-19)35-32(37)29-22-15-16-23(25-18-24(22)25)30(29)33(35)38/h2-16,22-26,29-30H,17-18H2,1H3,(H,34,36)/t22-,23-,24-,25+,26+,29+,30+/m1/s1. The molecule has 7 nitrogen and oxygen atoms in total. The highest BCUT2D eigenvalue weighted by Gasteiger charge is 2.67. The molecule has 202 valence electrons. The van der Waals surface area contributed by atoms with Gasteiger partial charge >= 0.3 is 0 Å². The molecule has 7 atom stereocenters. The molecule has 0 radical (unpaired) electrons. The van der Waals surface area contributed by atoms with Crippen LogP contribution in [0.4, 0.5) is 5.69 Å². The van der Waals surface area contributed by atoms with E-state index in [9.17, 15) is 14.4 Å². The molecular formula is C33H30N2O5. The molecule has 3 fully saturated rings. The van der Waals surface area contributed by atoms with Gasteiger partial charge in [0.2, 0.25) is 17.7 Å². The minimum absolute atomic E-state index is 0.109. The van der Waals surface area contributed by atoms with Gasteiger partial charge in [0.1, 0.15) is 11.8 Å². The summed E-state index contributed by atoms with van der Waals surface area (Å²) in [5.74, 6) is 1.54. The summed E-state index contributed by atoms with van der Waals surface area (Å²) in [7, 11) is 1.58. The first-order valence-corrected chi connectivity index (χ1v) is 13.8. The van der Waals surface area contributed by atoms with Crippen LogP contribution in [-0.2, 0) is 20.8 Å². The Bertz CT molecular complexity index is 1460. The van der Waals surface area contributed by atoms with E-state index in [4.69, 9.17) is 9.47 Å². The van der Waals surface area contributed by atoms with Gasteiger partial charge in [0.05, 0.1) is 18.9 Å². The van der Waals surface area contributed by atoms with Gasteiger partial charge < -0.3 is 14.8 Å². The van der Waals surface area contributed by atoms with E-state index in [0.29, 0.717) is 34.8 Å². The van der Waals surface area contributed by atoms with Gasteiger partial charge in [-0.05, 0) is 72.1 Å². The van der Waals surface area contributed by atoms with E-state index in [1.165, 1.54) is 4.90 Å². The first-order valence-electron chi connectivity index (χ1n) is 13.8. The third-order valence-electron chi connectivity index (χ3n) is 9.00. The molecule has 5 aliphatic rings. The number of methoxy groups -OCH3 is 1. The van der Waals surface area contributed by atoms with Crippen molar-refractivity contribution in [2.75, 3.05) is 12.4 Å². The molecule has 0 spiro atoms. The maximum Gasteiger partial charge on any atom is 0.248 e. The number of carbonyl (C=O) groups is 3. The molecule has 40 heavy (non-hydrogen) atoms. The number of imide groups is 1. The lowest BCUT2D eigenvalue weighted by Crippen LogP contribution is -2.49. The second kappa shape index (κ2) is 9.66. The summed E-state index contributed by atoms with van der Waals surface area (Å²) in [6, 6.07) is 23.0. The van der Waals surface area contributed by atoms with Crippen LogP contribution in [0.3, 0.4) is 0 Å². The zero-order valence-electron chi connectivity index (χ0n) is 22.1. The van der Waals surface area contributed by atoms with E-state index < -0.39 is 6.04 Å². The molecule has 3 aromatic rings. The van der Waals surface area contributed by atoms with Crippen LogP contribution in [0.2, 0.25) is 0 Å². The lowest BCUT2D eigenvalue weighted by Gasteiger charge is -2.37. The quantitative estimate of drug-likeness (QED) is 0.322. The van der Waals surface area contributed by atoms with Gasteiger partial charge in [-0.1, -0.05) is 54.6 Å². The van der Waals surface area contributed by atoms with Gasteiger partial charge in [0.25, 0.3) is 0 Å². The summed E-state index contributed by atoms with van der Waals surface area (Å²) in [5.41, 5.74) is 1.44. The summed E-state index contributed by atoms with van der Waals surface area (Å²) >= 11 is 0. The van der Waals surface area contributed by atoms with E-state index in [-0.39, 0.29) is 47.8 Å². The third-order valence-corrected chi connectivity index (χ3v) is 9.00. The minimum atomic E-state index is -0.937. The van der Waals surface area contributed by atoms with Crippen molar-refractivity contribution >= 4 is 23.4 Å². The summed E-state index contributed by atoms with van der Waals surface area (Å²) in [5, 5.41) is 2.95. The monoisotopic (exact) mass is 534 g/mol. The Labute approximate surface area is 232 Å². The molecule has 3 amide bonds. The van der Waals surface area contributed by atoms with Gasteiger partial charge in [-0.25, -0.2) is 0 Å². The van der Waals surface area contributed by atoms with Gasteiger partial charge in [-0.15, -0.1) is 0 Å². The van der Waals surface area contributed by atoms with Crippen molar-refractivity contribution in [2.24, 2.45) is 35.5 Å². The van der Waals surface area contributed by atoms with E-state index >= 15 is 0 Å². The minimum Gasteiger partial charge on any atom is -0.493 e. The number of anilines is 1. The molecular weight excluding hydrogens is 504 g/mol. The number of amides is 3. The Hall–Kier alpha value is -4.39. The number of nitrogens with zero attached hydrogens (tertiary/aromatic N) is 1. The SMILES string of the molecule is COc1ccccc1Oc1ccc(NC(=O)[C@H](Cc2ccccc2)N2C(=O)[C@H]3[C@@H]4C=C[C@H]([C@@H]5C[C@H]45)[C@@H]3C2=O)cc1. The summed E-state index contributed by atoms with van der Waals surface area (Å²) in [6.45, 7) is 0. The molecule has 1 aliphatic heterocycles. The topological polar surface area (TPSA) is 84.9 Å². The van der Waals surface area contributed by atoms with Crippen molar-refractivity contribution in [1.82, 2.24) is 4.90 Å². The normalized spacial score (nSPS) is 28.1. The third kappa shape index (κ3) is 4.08. The fraction of sp³-hybridized carbons (Fsp3) is 0.303. The average Bonchev–Trinajstić information content (AvgIpc) is 3.77. The largest absolute Gasteiger partial charge is 0.493 e. The Morgan fingerprint density at radius 2 is 1.45 bits per heavy atom. The molecule has 1 saturated heterocycles. The molecule has 1 heterocycles. The highest BCUT2D eigenvalue weighted by molar-refractivity contribution is 6.10. The van der Waals surface area contributed by atoms with Crippen molar-refractivity contribution in [3.63, 3.8) is 0 Å². The zero-order chi connectivity index (χ0) is 27.4. The second-order valence-electron chi connectivity index (χ2n) is 11.2. The van der Waals surface area contributed by atoms with Crippen molar-refractivity contribution in [2.45, 2.75) is 18.9 Å². The predicted octanol–water partition coefficient (Wildman–Crippen LogP) is 5.09. The average molecular weight is 535 g/mol. The Morgan fingerprint density at radius 1 is 0.850 bits per heavy atom. The highest BCUT2D eigenvalue weighted by Crippen LogP contribution is 2.65. The fourth-order valence-corrected chi connectivity index (χ4v) is 7.09. The van der Waals surface area contributed by atoms with E-state index in [0.717, 1.165) is 12.0 Å². The summed E-state index contributed by atoms with van der Waals surface area (Å²) in [6.07, 6.45) is 5.65. The number of carbonyl (C=O) groups excluding carboxylic acids is 3. The molecule has 8 rings (SSSR count). The molecule has 4 aliphatic carbocycles. The molecule has 1 N–H and O–H groups in total. The van der Waals surface area contributed by atoms with E-state index in [1.807, 2.05) is 54.6 Å². The Balaban J connectivity index is 1.13. The van der Waals surface area contributed by atoms with Gasteiger partial charge in [0, 0.05) is 12.1 Å². The first-order chi connectivity index (χ1) is 19.5. The molecule has 7 heteroatoms. The Morgan fingerprint density at radius 3 is 2.08 bits per heavy atom. The van der Waals surface area contributed by atoms with Crippen molar-refractivity contribution in [1.29, 1.82) is 0 Å². The highest BCUT2D eigenvalue weighted by atomic mass is 16.5. The molecule has 2 saturated carbocycles. The number of likely N-dealkylation sites (tertiary alicyclic amines) is 1. The number of benzene rings is 3. The van der Waals surface area contributed by atoms with Crippen LogP contribution in [0, 0.1) is 35.5 Å². The second-order valence-corrected chi connectivity index (χ2v) is 11.2. The number of rotatable bonds is 8. The molecule has 0 aromatic heterocycles. The fourth-order valence-electron chi connectivity index (χ4n) is 7.09. The van der Waals surface area contributed by atoms with Gasteiger partial charge in [-0.3, -0.25) is 19.3 Å². The van der Waals surface area contributed by atoms with E-state index in [2.05, 4.69) is 17.5 Å². The first kappa shape index (κ1) is 24.6. The maximum absolute atomic E-state index is 13.8. The van der Waals surface area contributed by atoms with Crippen LogP contribution in [-0.4, -0.2) is 35.8 Å². The van der Waals surface area contributed by atoms with Gasteiger partial charge in [-0.2, -0.15) is 0 Å². The smallest absolute Gasteiger partial charge is 0.248 e. The van der Waals surface area contributed by atoms with E-state index in [1.54, 1.807) is 31.4 Å². The van der Waals surface area contributed by atoms with Gasteiger partial charge in [0.15, 0.2) is 11.5 Å². The number of hydrogen-bond donors (Lipinski definition) is 1. The lowest BCUT2D eigenvalue weighted by molar-refractivity contribution is -0.146. The zero-order valence-corrected chi connectivity index (χ0v) is 22.1. The Kier molecular flexibility index (Phi) is 5.95. The lowest BCUT2D eigenvalue weighted by atomic mass is 9.63. The van der Waals surface area contributed by atoms with Crippen LogP contribution in [0.15, 0.2) is 91.0 Å². The van der Waals surface area contributed by atoms with Crippen LogP contribution in [0.25, 0.3) is 0 Å². The number of allylic oxidation sites excluding steroid dienone is 2. The molecule has 3 aromatic carbocycles. The summed E-state index contributed by atoms with van der Waals surface area (Å²) in [4.78, 5) is 42.7. The molecule has 2 bridgehead atoms. The van der Waals surface area contributed by atoms with Crippen LogP contribution < -0.4 is 14.8 Å². The number of para-hydroxylation sites is 2. The molecule has 0 unspecified atom stereocenters. The number of hydrogen-bond acceptors (Lipinski definition) is 5. The number of nitrogens with one attached hydrogen (secondary N) is 1. The van der Waals surface area contributed by atoms with Crippen LogP contribution in [0.1, 0.15) is 12.0 Å². The summed E-state index contributed by atoms with van der Waals surface area (Å²) < 4.78 is 11.3. The maximum atomic E-state index is 13.8. The van der Waals surface area contributed by atoms with Crippen LogP contribution in [0.5, 0.6) is 17.2 Å². The van der Waals surface area contributed by atoms with Crippen molar-refractivity contribution in [3.05, 3.63) is 96.6 Å². The predicted molar refractivity (Wildman–Crippen MR) is 149 cm³/mol. The number of ether oxygens (including phenoxy) is 2. The van der Waals surface area contributed by atoms with Crippen molar-refractivity contribution < 1.29 is 23.9 Å². The van der Waals surface area contributed by atoms with Crippen molar-refractivity contribution in [3.8, 4) is 17.2 Å².